The maximum Gasteiger partial charge on any atom is 0.333 e. The van der Waals surface area contributed by atoms with Crippen molar-refractivity contribution in [2.75, 3.05) is 18.6 Å². The van der Waals surface area contributed by atoms with Crippen LogP contribution in [0.3, 0.4) is 0 Å². The van der Waals surface area contributed by atoms with Gasteiger partial charge in [-0.15, -0.1) is 11.3 Å². The highest BCUT2D eigenvalue weighted by Gasteiger charge is 2.23. The van der Waals surface area contributed by atoms with Crippen LogP contribution in [-0.2, 0) is 6.54 Å². The molecule has 0 spiro atoms. The lowest BCUT2D eigenvalue weighted by Gasteiger charge is -2.18. The Hall–Kier alpha value is -2.15. The van der Waals surface area contributed by atoms with E-state index in [-0.39, 0.29) is 5.69 Å². The fraction of sp³-hybridized carbons (Fsp3) is 0.308. The van der Waals surface area contributed by atoms with Gasteiger partial charge >= 0.3 is 5.69 Å². The molecule has 0 atom stereocenters. The van der Waals surface area contributed by atoms with E-state index in [2.05, 4.69) is 4.98 Å². The third-order valence-corrected chi connectivity index (χ3v) is 3.49. The highest BCUT2D eigenvalue weighted by molar-refractivity contribution is 7.09. The number of nitrogens with zero attached hydrogens (tertiary/aromatic N) is 3. The van der Waals surface area contributed by atoms with Crippen molar-refractivity contribution in [3.8, 4) is 5.75 Å². The number of thiazole rings is 1. The summed E-state index contributed by atoms with van der Waals surface area (Å²) in [6.45, 7) is 2.71. The molecule has 0 aliphatic rings. The summed E-state index contributed by atoms with van der Waals surface area (Å²) in [5.41, 5.74) is 0.518. The molecule has 0 bridgehead atoms. The minimum atomic E-state index is -0.404. The molecule has 106 valence electrons. The van der Waals surface area contributed by atoms with Crippen LogP contribution in [0.5, 0.6) is 5.75 Å². The van der Waals surface area contributed by atoms with E-state index in [0.717, 1.165) is 5.01 Å². The van der Waals surface area contributed by atoms with Gasteiger partial charge in [-0.3, -0.25) is 10.1 Å². The second-order valence-corrected chi connectivity index (χ2v) is 5.08. The number of aromatic nitrogens is 1. The van der Waals surface area contributed by atoms with Gasteiger partial charge in [-0.25, -0.2) is 4.98 Å². The molecule has 20 heavy (non-hydrogen) atoms. The molecule has 0 aliphatic heterocycles. The lowest BCUT2D eigenvalue weighted by atomic mass is 10.2. The van der Waals surface area contributed by atoms with Crippen molar-refractivity contribution < 1.29 is 9.66 Å². The van der Waals surface area contributed by atoms with Crippen molar-refractivity contribution >= 4 is 22.7 Å². The predicted octanol–water partition coefficient (Wildman–Crippen LogP) is 3.09. The third kappa shape index (κ3) is 3.05. The van der Waals surface area contributed by atoms with Crippen LogP contribution in [0.4, 0.5) is 11.4 Å². The third-order valence-electron chi connectivity index (χ3n) is 2.73. The summed E-state index contributed by atoms with van der Waals surface area (Å²) >= 11 is 1.52. The fourth-order valence-corrected chi connectivity index (χ4v) is 2.56. The molecule has 0 saturated carbocycles. The first-order chi connectivity index (χ1) is 9.63. The standard InChI is InChI=1S/C13H15N3O3S/c1-3-19-11-6-4-5-10(13(11)16(17)18)15(2)9-12-14-7-8-20-12/h4-8H,3,9H2,1-2H3. The number of anilines is 1. The van der Waals surface area contributed by atoms with E-state index >= 15 is 0 Å². The molecular formula is C13H15N3O3S. The van der Waals surface area contributed by atoms with E-state index in [0.29, 0.717) is 24.6 Å². The Balaban J connectivity index is 2.34. The molecular weight excluding hydrogens is 278 g/mol. The van der Waals surface area contributed by atoms with Gasteiger partial charge in [0.05, 0.1) is 18.1 Å². The Morgan fingerprint density at radius 2 is 2.30 bits per heavy atom. The minimum absolute atomic E-state index is 0.00611. The molecule has 7 heteroatoms. The summed E-state index contributed by atoms with van der Waals surface area (Å²) in [5, 5.41) is 14.1. The van der Waals surface area contributed by atoms with E-state index in [1.54, 1.807) is 43.3 Å². The molecule has 0 unspecified atom stereocenters. The number of hydrogen-bond acceptors (Lipinski definition) is 6. The Morgan fingerprint density at radius 3 is 2.90 bits per heavy atom. The molecule has 2 rings (SSSR count). The molecule has 0 amide bonds. The molecule has 6 nitrogen and oxygen atoms in total. The number of rotatable bonds is 6. The molecule has 0 fully saturated rings. The second-order valence-electron chi connectivity index (χ2n) is 4.10. The maximum absolute atomic E-state index is 11.3. The van der Waals surface area contributed by atoms with Crippen LogP contribution in [0.1, 0.15) is 11.9 Å². The Morgan fingerprint density at radius 1 is 1.50 bits per heavy atom. The second kappa shape index (κ2) is 6.33. The number of nitro benzene ring substituents is 1. The smallest absolute Gasteiger partial charge is 0.333 e. The summed E-state index contributed by atoms with van der Waals surface area (Å²) in [4.78, 5) is 16.9. The van der Waals surface area contributed by atoms with Crippen molar-refractivity contribution in [2.24, 2.45) is 0 Å². The van der Waals surface area contributed by atoms with E-state index in [4.69, 9.17) is 4.74 Å². The van der Waals surface area contributed by atoms with E-state index in [1.165, 1.54) is 11.3 Å². The monoisotopic (exact) mass is 293 g/mol. The number of benzene rings is 1. The highest BCUT2D eigenvalue weighted by atomic mass is 32.1. The van der Waals surface area contributed by atoms with Crippen molar-refractivity contribution in [2.45, 2.75) is 13.5 Å². The van der Waals surface area contributed by atoms with E-state index in [1.807, 2.05) is 5.38 Å². The average molecular weight is 293 g/mol. The number of ether oxygens (including phenoxy) is 1. The minimum Gasteiger partial charge on any atom is -0.487 e. The summed E-state index contributed by atoms with van der Waals surface area (Å²) in [6.07, 6.45) is 1.72. The molecule has 1 heterocycles. The van der Waals surface area contributed by atoms with Gasteiger partial charge in [0.2, 0.25) is 0 Å². The first kappa shape index (κ1) is 14.3. The van der Waals surface area contributed by atoms with Gasteiger partial charge in [0.25, 0.3) is 0 Å². The van der Waals surface area contributed by atoms with Crippen LogP contribution in [0.15, 0.2) is 29.8 Å². The van der Waals surface area contributed by atoms with Crippen LogP contribution >= 0.6 is 11.3 Å². The Bertz CT molecular complexity index is 587. The zero-order valence-electron chi connectivity index (χ0n) is 11.3. The van der Waals surface area contributed by atoms with Gasteiger partial charge in [0.1, 0.15) is 10.7 Å². The van der Waals surface area contributed by atoms with Gasteiger partial charge in [-0.1, -0.05) is 6.07 Å². The summed E-state index contributed by atoms with van der Waals surface area (Å²) in [7, 11) is 1.81. The van der Waals surface area contributed by atoms with Crippen LogP contribution in [0, 0.1) is 10.1 Å². The van der Waals surface area contributed by atoms with Gasteiger partial charge < -0.3 is 9.64 Å². The lowest BCUT2D eigenvalue weighted by molar-refractivity contribution is -0.385. The average Bonchev–Trinajstić information content (AvgIpc) is 2.91. The zero-order chi connectivity index (χ0) is 14.5. The summed E-state index contributed by atoms with van der Waals surface area (Å²) in [5.74, 6) is 0.293. The molecule has 2 aromatic rings. The van der Waals surface area contributed by atoms with E-state index < -0.39 is 4.92 Å². The van der Waals surface area contributed by atoms with Crippen LogP contribution < -0.4 is 9.64 Å². The highest BCUT2D eigenvalue weighted by Crippen LogP contribution is 2.37. The number of para-hydroxylation sites is 1. The van der Waals surface area contributed by atoms with Crippen molar-refractivity contribution in [3.05, 3.63) is 44.9 Å². The quantitative estimate of drug-likeness (QED) is 0.604. The Kier molecular flexibility index (Phi) is 4.52. The SMILES string of the molecule is CCOc1cccc(N(C)Cc2nccs2)c1[N+](=O)[O-]. The topological polar surface area (TPSA) is 68.5 Å². The van der Waals surface area contributed by atoms with Crippen molar-refractivity contribution in [1.82, 2.24) is 4.98 Å². The Labute approximate surface area is 120 Å². The number of nitro groups is 1. The molecule has 1 aromatic heterocycles. The molecule has 1 aromatic carbocycles. The first-order valence-electron chi connectivity index (χ1n) is 6.13. The first-order valence-corrected chi connectivity index (χ1v) is 7.01. The number of hydrogen-bond donors (Lipinski definition) is 0. The summed E-state index contributed by atoms with van der Waals surface area (Å²) in [6, 6.07) is 5.09. The molecule has 0 aliphatic carbocycles. The van der Waals surface area contributed by atoms with Gasteiger partial charge in [-0.05, 0) is 19.1 Å². The van der Waals surface area contributed by atoms with Crippen LogP contribution in [0.2, 0.25) is 0 Å². The van der Waals surface area contributed by atoms with Crippen molar-refractivity contribution in [1.29, 1.82) is 0 Å². The normalized spacial score (nSPS) is 10.3. The van der Waals surface area contributed by atoms with Gasteiger partial charge in [-0.2, -0.15) is 0 Å². The largest absolute Gasteiger partial charge is 0.487 e. The maximum atomic E-state index is 11.3. The van der Waals surface area contributed by atoms with Crippen LogP contribution in [0.25, 0.3) is 0 Å². The van der Waals surface area contributed by atoms with E-state index in [9.17, 15) is 10.1 Å². The van der Waals surface area contributed by atoms with Gasteiger partial charge in [0, 0.05) is 18.6 Å². The molecule has 0 saturated heterocycles. The lowest BCUT2D eigenvalue weighted by Crippen LogP contribution is -2.18. The van der Waals surface area contributed by atoms with Crippen molar-refractivity contribution in [3.63, 3.8) is 0 Å². The molecule has 0 radical (unpaired) electrons. The zero-order valence-corrected chi connectivity index (χ0v) is 12.1. The van der Waals surface area contributed by atoms with Gasteiger partial charge in [0.15, 0.2) is 5.75 Å². The molecule has 0 N–H and O–H groups in total. The van der Waals surface area contributed by atoms with Crippen LogP contribution in [-0.4, -0.2) is 23.6 Å². The summed E-state index contributed by atoms with van der Waals surface area (Å²) < 4.78 is 5.34. The predicted molar refractivity (Wildman–Crippen MR) is 78.5 cm³/mol. The fourth-order valence-electron chi connectivity index (χ4n) is 1.89.